The molecule has 0 bridgehead atoms. The summed E-state index contributed by atoms with van der Waals surface area (Å²) in [6.07, 6.45) is 6.41. The van der Waals surface area contributed by atoms with Crippen LogP contribution < -0.4 is 11.1 Å². The van der Waals surface area contributed by atoms with E-state index in [0.29, 0.717) is 5.69 Å². The number of carbonyl (C=O) groups is 1. The zero-order valence-corrected chi connectivity index (χ0v) is 11.1. The molecule has 1 amide bonds. The van der Waals surface area contributed by atoms with Gasteiger partial charge in [0.2, 0.25) is 5.91 Å². The lowest BCUT2D eigenvalue weighted by molar-refractivity contribution is -0.117. The van der Waals surface area contributed by atoms with Crippen LogP contribution in [0.25, 0.3) is 6.08 Å². The Kier molecular flexibility index (Phi) is 5.98. The van der Waals surface area contributed by atoms with Gasteiger partial charge in [0.1, 0.15) is 0 Å². The highest BCUT2D eigenvalue weighted by molar-refractivity contribution is 5.92. The van der Waals surface area contributed by atoms with Gasteiger partial charge in [-0.1, -0.05) is 32.4 Å². The molecule has 1 rings (SSSR count). The van der Waals surface area contributed by atoms with Crippen molar-refractivity contribution in [2.24, 2.45) is 0 Å². The van der Waals surface area contributed by atoms with Crippen molar-refractivity contribution < 1.29 is 4.79 Å². The minimum absolute atomic E-state index is 0.0438. The molecule has 3 nitrogen and oxygen atoms in total. The molecular weight excluding hydrogens is 224 g/mol. The van der Waals surface area contributed by atoms with Gasteiger partial charge in [0.25, 0.3) is 0 Å². The topological polar surface area (TPSA) is 55.1 Å². The molecule has 0 aliphatic carbocycles. The average Bonchev–Trinajstić information content (AvgIpc) is 2.36. The predicted octanol–water partition coefficient (Wildman–Crippen LogP) is 2.98. The average molecular weight is 246 g/mol. The Morgan fingerprint density at radius 3 is 2.83 bits per heavy atom. The zero-order chi connectivity index (χ0) is 13.4. The van der Waals surface area contributed by atoms with E-state index in [0.717, 1.165) is 24.8 Å². The number of rotatable bonds is 6. The number of hydrogen-bond acceptors (Lipinski definition) is 2. The van der Waals surface area contributed by atoms with Crippen LogP contribution >= 0.6 is 0 Å². The van der Waals surface area contributed by atoms with E-state index in [-0.39, 0.29) is 11.9 Å². The van der Waals surface area contributed by atoms with Crippen molar-refractivity contribution in [2.75, 3.05) is 5.73 Å². The minimum Gasteiger partial charge on any atom is -0.399 e. The second-order valence-electron chi connectivity index (χ2n) is 4.41. The standard InChI is InChI=1S/C15H22N2O/c1-3-6-14(4-2)17-15(18)10-9-12-7-5-8-13(16)11-12/h5,7-11,14H,3-4,6,16H2,1-2H3,(H,17,18)/b10-9+. The molecule has 3 N–H and O–H groups in total. The Hall–Kier alpha value is -1.77. The Balaban J connectivity index is 2.53. The first kappa shape index (κ1) is 14.3. The van der Waals surface area contributed by atoms with Gasteiger partial charge in [-0.25, -0.2) is 0 Å². The lowest BCUT2D eigenvalue weighted by atomic mass is 10.1. The summed E-state index contributed by atoms with van der Waals surface area (Å²) in [5.74, 6) is -0.0438. The van der Waals surface area contributed by atoms with E-state index in [1.807, 2.05) is 24.3 Å². The van der Waals surface area contributed by atoms with Crippen LogP contribution in [0.15, 0.2) is 30.3 Å². The molecule has 0 heterocycles. The third kappa shape index (κ3) is 5.04. The smallest absolute Gasteiger partial charge is 0.244 e. The number of nitrogens with one attached hydrogen (secondary N) is 1. The molecule has 0 spiro atoms. The van der Waals surface area contributed by atoms with Gasteiger partial charge in [-0.3, -0.25) is 4.79 Å². The molecule has 0 aromatic heterocycles. The molecule has 98 valence electrons. The lowest BCUT2D eigenvalue weighted by Crippen LogP contribution is -2.32. The summed E-state index contributed by atoms with van der Waals surface area (Å²) < 4.78 is 0. The summed E-state index contributed by atoms with van der Waals surface area (Å²) in [5, 5.41) is 3.00. The number of nitrogens with two attached hydrogens (primary N) is 1. The van der Waals surface area contributed by atoms with Crippen LogP contribution in [0.5, 0.6) is 0 Å². The molecular formula is C15H22N2O. The summed E-state index contributed by atoms with van der Waals surface area (Å²) in [4.78, 5) is 11.7. The first-order chi connectivity index (χ1) is 8.65. The van der Waals surface area contributed by atoms with Gasteiger partial charge in [-0.05, 0) is 36.6 Å². The molecule has 18 heavy (non-hydrogen) atoms. The maximum atomic E-state index is 11.7. The van der Waals surface area contributed by atoms with Crippen LogP contribution in [0, 0.1) is 0 Å². The highest BCUT2D eigenvalue weighted by atomic mass is 16.1. The van der Waals surface area contributed by atoms with Gasteiger partial charge in [-0.2, -0.15) is 0 Å². The summed E-state index contributed by atoms with van der Waals surface area (Å²) in [6.45, 7) is 4.21. The van der Waals surface area contributed by atoms with Gasteiger partial charge in [-0.15, -0.1) is 0 Å². The molecule has 3 heteroatoms. The molecule has 1 unspecified atom stereocenters. The van der Waals surface area contributed by atoms with E-state index in [1.54, 1.807) is 12.2 Å². The van der Waals surface area contributed by atoms with Crippen molar-refractivity contribution in [3.8, 4) is 0 Å². The van der Waals surface area contributed by atoms with E-state index in [1.165, 1.54) is 0 Å². The van der Waals surface area contributed by atoms with Crippen molar-refractivity contribution >= 4 is 17.7 Å². The monoisotopic (exact) mass is 246 g/mol. The Labute approximate surface area is 109 Å². The summed E-state index contributed by atoms with van der Waals surface area (Å²) >= 11 is 0. The first-order valence-corrected chi connectivity index (χ1v) is 6.49. The summed E-state index contributed by atoms with van der Waals surface area (Å²) in [5.41, 5.74) is 7.31. The normalized spacial score (nSPS) is 12.6. The first-order valence-electron chi connectivity index (χ1n) is 6.49. The number of nitrogen functional groups attached to an aromatic ring is 1. The molecule has 0 saturated heterocycles. The Morgan fingerprint density at radius 1 is 1.44 bits per heavy atom. The Bertz CT molecular complexity index is 413. The quantitative estimate of drug-likeness (QED) is 0.599. The Morgan fingerprint density at radius 2 is 2.22 bits per heavy atom. The third-order valence-electron chi connectivity index (χ3n) is 2.81. The SMILES string of the molecule is CCCC(CC)NC(=O)/C=C/c1cccc(N)c1. The summed E-state index contributed by atoms with van der Waals surface area (Å²) in [6, 6.07) is 7.73. The van der Waals surface area contributed by atoms with E-state index in [4.69, 9.17) is 5.73 Å². The van der Waals surface area contributed by atoms with E-state index >= 15 is 0 Å². The van der Waals surface area contributed by atoms with Crippen molar-refractivity contribution in [1.82, 2.24) is 5.32 Å². The van der Waals surface area contributed by atoms with Crippen molar-refractivity contribution in [3.05, 3.63) is 35.9 Å². The molecule has 1 aromatic carbocycles. The molecule has 0 aliphatic heterocycles. The molecule has 1 atom stereocenters. The highest BCUT2D eigenvalue weighted by Crippen LogP contribution is 2.08. The molecule has 1 aromatic rings. The van der Waals surface area contributed by atoms with Crippen LogP contribution in [0.4, 0.5) is 5.69 Å². The third-order valence-corrected chi connectivity index (χ3v) is 2.81. The maximum absolute atomic E-state index is 11.7. The van der Waals surface area contributed by atoms with E-state index in [2.05, 4.69) is 19.2 Å². The molecule has 0 radical (unpaired) electrons. The van der Waals surface area contributed by atoms with Crippen LogP contribution in [0.1, 0.15) is 38.7 Å². The van der Waals surface area contributed by atoms with Crippen LogP contribution in [0.2, 0.25) is 0 Å². The number of benzene rings is 1. The number of hydrogen-bond donors (Lipinski definition) is 2. The molecule has 0 fully saturated rings. The predicted molar refractivity (Wildman–Crippen MR) is 77.0 cm³/mol. The summed E-state index contributed by atoms with van der Waals surface area (Å²) in [7, 11) is 0. The van der Waals surface area contributed by atoms with Gasteiger partial charge >= 0.3 is 0 Å². The number of amides is 1. The molecule has 0 saturated carbocycles. The minimum atomic E-state index is -0.0438. The van der Waals surface area contributed by atoms with E-state index in [9.17, 15) is 4.79 Å². The van der Waals surface area contributed by atoms with E-state index < -0.39 is 0 Å². The van der Waals surface area contributed by atoms with Crippen molar-refractivity contribution in [3.63, 3.8) is 0 Å². The van der Waals surface area contributed by atoms with Crippen molar-refractivity contribution in [1.29, 1.82) is 0 Å². The fourth-order valence-electron chi connectivity index (χ4n) is 1.81. The van der Waals surface area contributed by atoms with Crippen LogP contribution in [0.3, 0.4) is 0 Å². The lowest BCUT2D eigenvalue weighted by Gasteiger charge is -2.14. The van der Waals surface area contributed by atoms with Crippen LogP contribution in [-0.2, 0) is 4.79 Å². The van der Waals surface area contributed by atoms with Crippen molar-refractivity contribution in [2.45, 2.75) is 39.2 Å². The fourth-order valence-corrected chi connectivity index (χ4v) is 1.81. The number of carbonyl (C=O) groups excluding carboxylic acids is 1. The highest BCUT2D eigenvalue weighted by Gasteiger charge is 2.06. The maximum Gasteiger partial charge on any atom is 0.244 e. The largest absolute Gasteiger partial charge is 0.399 e. The second-order valence-corrected chi connectivity index (χ2v) is 4.41. The number of anilines is 1. The van der Waals surface area contributed by atoms with Crippen LogP contribution in [-0.4, -0.2) is 11.9 Å². The van der Waals surface area contributed by atoms with Gasteiger partial charge < -0.3 is 11.1 Å². The fraction of sp³-hybridized carbons (Fsp3) is 0.400. The van der Waals surface area contributed by atoms with Gasteiger partial charge in [0.15, 0.2) is 0 Å². The zero-order valence-electron chi connectivity index (χ0n) is 11.1. The molecule has 0 aliphatic rings. The second kappa shape index (κ2) is 7.54. The van der Waals surface area contributed by atoms with Gasteiger partial charge in [0, 0.05) is 17.8 Å². The van der Waals surface area contributed by atoms with Gasteiger partial charge in [0.05, 0.1) is 0 Å².